The first-order valence-electron chi connectivity index (χ1n) is 6.56. The third-order valence-corrected chi connectivity index (χ3v) is 3.46. The van der Waals surface area contributed by atoms with Crippen LogP contribution >= 0.6 is 0 Å². The molecule has 20 heavy (non-hydrogen) atoms. The Balaban J connectivity index is 2.09. The van der Waals surface area contributed by atoms with Crippen LogP contribution in [0.2, 0.25) is 0 Å². The molecule has 1 atom stereocenters. The molecule has 0 fully saturated rings. The average molecular weight is 271 g/mol. The molecule has 5 nitrogen and oxygen atoms in total. The Bertz CT molecular complexity index is 616. The summed E-state index contributed by atoms with van der Waals surface area (Å²) in [6.07, 6.45) is 3.59. The van der Waals surface area contributed by atoms with Gasteiger partial charge < -0.3 is 9.47 Å². The van der Waals surface area contributed by atoms with Gasteiger partial charge in [-0.15, -0.1) is 0 Å². The maximum absolute atomic E-state index is 5.76. The van der Waals surface area contributed by atoms with Crippen LogP contribution in [-0.4, -0.2) is 18.2 Å². The minimum Gasteiger partial charge on any atom is -0.486 e. The zero-order chi connectivity index (χ0) is 13.9. The molecule has 3 rings (SSSR count). The van der Waals surface area contributed by atoms with E-state index < -0.39 is 0 Å². The predicted octanol–water partition coefficient (Wildman–Crippen LogP) is 1.71. The number of pyridine rings is 1. The fourth-order valence-corrected chi connectivity index (χ4v) is 2.45. The Morgan fingerprint density at radius 2 is 2.05 bits per heavy atom. The molecule has 1 aromatic heterocycles. The maximum atomic E-state index is 5.76. The van der Waals surface area contributed by atoms with Gasteiger partial charge in [-0.3, -0.25) is 10.8 Å². The number of benzene rings is 1. The van der Waals surface area contributed by atoms with Crippen molar-refractivity contribution in [3.8, 4) is 11.5 Å². The molecule has 1 aromatic carbocycles. The number of hydrogen-bond acceptors (Lipinski definition) is 5. The van der Waals surface area contributed by atoms with Gasteiger partial charge in [0.25, 0.3) is 0 Å². The Kier molecular flexibility index (Phi) is 3.54. The van der Waals surface area contributed by atoms with Crippen molar-refractivity contribution < 1.29 is 9.47 Å². The molecule has 5 heteroatoms. The van der Waals surface area contributed by atoms with Gasteiger partial charge in [-0.05, 0) is 30.2 Å². The standard InChI is InChI=1S/C15H17N3O2/c1-10-5-6-17-9-12(10)14(18-16)11-3-2-4-13-15(11)20-8-7-19-13/h2-6,9,14,18H,7-8,16H2,1H3. The van der Waals surface area contributed by atoms with Crippen molar-refractivity contribution in [1.29, 1.82) is 0 Å². The zero-order valence-electron chi connectivity index (χ0n) is 11.3. The van der Waals surface area contributed by atoms with Crippen molar-refractivity contribution in [2.45, 2.75) is 13.0 Å². The van der Waals surface area contributed by atoms with Gasteiger partial charge in [0.05, 0.1) is 6.04 Å². The van der Waals surface area contributed by atoms with E-state index >= 15 is 0 Å². The third-order valence-electron chi connectivity index (χ3n) is 3.46. The maximum Gasteiger partial charge on any atom is 0.166 e. The normalized spacial score (nSPS) is 14.9. The smallest absolute Gasteiger partial charge is 0.166 e. The molecule has 0 spiro atoms. The van der Waals surface area contributed by atoms with Crippen LogP contribution in [0.1, 0.15) is 22.7 Å². The Morgan fingerprint density at radius 3 is 2.85 bits per heavy atom. The molecule has 1 aliphatic rings. The highest BCUT2D eigenvalue weighted by molar-refractivity contribution is 5.51. The Hall–Kier alpha value is -2.11. The van der Waals surface area contributed by atoms with Gasteiger partial charge in [-0.1, -0.05) is 12.1 Å². The number of rotatable bonds is 3. The second-order valence-electron chi connectivity index (χ2n) is 4.70. The van der Waals surface area contributed by atoms with E-state index in [0.717, 1.165) is 28.2 Å². The first-order valence-corrected chi connectivity index (χ1v) is 6.56. The minimum atomic E-state index is -0.180. The number of ether oxygens (including phenoxy) is 2. The van der Waals surface area contributed by atoms with Crippen LogP contribution in [0.15, 0.2) is 36.7 Å². The number of nitrogens with zero attached hydrogens (tertiary/aromatic N) is 1. The highest BCUT2D eigenvalue weighted by atomic mass is 16.6. The van der Waals surface area contributed by atoms with E-state index in [1.807, 2.05) is 37.4 Å². The molecule has 3 N–H and O–H groups in total. The van der Waals surface area contributed by atoms with Gasteiger partial charge in [0, 0.05) is 18.0 Å². The SMILES string of the molecule is Cc1ccncc1C(NN)c1cccc2c1OCCO2. The van der Waals surface area contributed by atoms with Gasteiger partial charge in [0.2, 0.25) is 0 Å². The van der Waals surface area contributed by atoms with Crippen LogP contribution in [0.25, 0.3) is 0 Å². The van der Waals surface area contributed by atoms with Crippen molar-refractivity contribution in [2.75, 3.05) is 13.2 Å². The number of para-hydroxylation sites is 1. The predicted molar refractivity (Wildman–Crippen MR) is 75.6 cm³/mol. The Morgan fingerprint density at radius 1 is 1.20 bits per heavy atom. The molecule has 0 saturated carbocycles. The van der Waals surface area contributed by atoms with Crippen LogP contribution in [0.5, 0.6) is 11.5 Å². The Labute approximate surface area is 117 Å². The van der Waals surface area contributed by atoms with Gasteiger partial charge in [-0.2, -0.15) is 0 Å². The summed E-state index contributed by atoms with van der Waals surface area (Å²) in [7, 11) is 0. The van der Waals surface area contributed by atoms with Crippen molar-refractivity contribution in [1.82, 2.24) is 10.4 Å². The molecule has 1 unspecified atom stereocenters. The molecule has 2 heterocycles. The van der Waals surface area contributed by atoms with E-state index in [9.17, 15) is 0 Å². The number of aryl methyl sites for hydroxylation is 1. The topological polar surface area (TPSA) is 69.4 Å². The second-order valence-corrected chi connectivity index (χ2v) is 4.70. The lowest BCUT2D eigenvalue weighted by atomic mass is 9.96. The highest BCUT2D eigenvalue weighted by Crippen LogP contribution is 2.39. The van der Waals surface area contributed by atoms with Crippen molar-refractivity contribution in [3.05, 3.63) is 53.3 Å². The molecule has 0 amide bonds. The molecule has 2 aromatic rings. The van der Waals surface area contributed by atoms with E-state index in [1.54, 1.807) is 6.20 Å². The van der Waals surface area contributed by atoms with Crippen molar-refractivity contribution >= 4 is 0 Å². The van der Waals surface area contributed by atoms with Crippen molar-refractivity contribution in [3.63, 3.8) is 0 Å². The molecular weight excluding hydrogens is 254 g/mol. The van der Waals surface area contributed by atoms with Crippen LogP contribution in [0.4, 0.5) is 0 Å². The van der Waals surface area contributed by atoms with Crippen molar-refractivity contribution in [2.24, 2.45) is 5.84 Å². The van der Waals surface area contributed by atoms with E-state index in [2.05, 4.69) is 10.4 Å². The molecule has 0 bridgehead atoms. The summed E-state index contributed by atoms with van der Waals surface area (Å²) >= 11 is 0. The summed E-state index contributed by atoms with van der Waals surface area (Å²) in [6, 6.07) is 7.62. The summed E-state index contributed by atoms with van der Waals surface area (Å²) in [4.78, 5) is 4.18. The van der Waals surface area contributed by atoms with Crippen LogP contribution in [-0.2, 0) is 0 Å². The van der Waals surface area contributed by atoms with Gasteiger partial charge in [-0.25, -0.2) is 5.43 Å². The fraction of sp³-hybridized carbons (Fsp3) is 0.267. The number of hydrazine groups is 1. The van der Waals surface area contributed by atoms with Gasteiger partial charge in [0.1, 0.15) is 13.2 Å². The number of nitrogens with one attached hydrogen (secondary N) is 1. The largest absolute Gasteiger partial charge is 0.486 e. The average Bonchev–Trinajstić information content (AvgIpc) is 2.50. The highest BCUT2D eigenvalue weighted by Gasteiger charge is 2.23. The zero-order valence-corrected chi connectivity index (χ0v) is 11.3. The molecule has 0 radical (unpaired) electrons. The van der Waals surface area contributed by atoms with E-state index in [-0.39, 0.29) is 6.04 Å². The first kappa shape index (κ1) is 12.9. The molecule has 104 valence electrons. The van der Waals surface area contributed by atoms with Gasteiger partial charge in [0.15, 0.2) is 11.5 Å². The summed E-state index contributed by atoms with van der Waals surface area (Å²) < 4.78 is 11.4. The fourth-order valence-electron chi connectivity index (χ4n) is 2.45. The minimum absolute atomic E-state index is 0.180. The summed E-state index contributed by atoms with van der Waals surface area (Å²) in [5, 5.41) is 0. The summed E-state index contributed by atoms with van der Waals surface area (Å²) in [6.45, 7) is 3.16. The number of fused-ring (bicyclic) bond motifs is 1. The number of hydrogen-bond donors (Lipinski definition) is 2. The number of aromatic nitrogens is 1. The lowest BCUT2D eigenvalue weighted by Gasteiger charge is -2.25. The van der Waals surface area contributed by atoms with Crippen LogP contribution < -0.4 is 20.7 Å². The first-order chi connectivity index (χ1) is 9.81. The number of nitrogens with two attached hydrogens (primary N) is 1. The van der Waals surface area contributed by atoms with E-state index in [0.29, 0.717) is 13.2 Å². The quantitative estimate of drug-likeness (QED) is 0.657. The van der Waals surface area contributed by atoms with Crippen LogP contribution in [0.3, 0.4) is 0 Å². The lowest BCUT2D eigenvalue weighted by Crippen LogP contribution is -2.30. The monoisotopic (exact) mass is 271 g/mol. The molecular formula is C15H17N3O2. The lowest BCUT2D eigenvalue weighted by molar-refractivity contribution is 0.169. The second kappa shape index (κ2) is 5.48. The molecule has 1 aliphatic heterocycles. The molecule has 0 aliphatic carbocycles. The van der Waals surface area contributed by atoms with Crippen LogP contribution in [0, 0.1) is 6.92 Å². The molecule has 0 saturated heterocycles. The van der Waals surface area contributed by atoms with Gasteiger partial charge >= 0.3 is 0 Å². The van der Waals surface area contributed by atoms with E-state index in [1.165, 1.54) is 0 Å². The third kappa shape index (κ3) is 2.21. The summed E-state index contributed by atoms with van der Waals surface area (Å²) in [5.74, 6) is 7.28. The van der Waals surface area contributed by atoms with E-state index in [4.69, 9.17) is 15.3 Å². The summed E-state index contributed by atoms with van der Waals surface area (Å²) in [5.41, 5.74) is 5.96.